The van der Waals surface area contributed by atoms with Gasteiger partial charge in [-0.15, -0.1) is 5.10 Å². The second-order valence-electron chi connectivity index (χ2n) is 7.20. The van der Waals surface area contributed by atoms with Crippen molar-refractivity contribution >= 4 is 11.7 Å². The molecule has 1 amide bonds. The normalized spacial score (nSPS) is 23.5. The maximum atomic E-state index is 12.7. The van der Waals surface area contributed by atoms with Gasteiger partial charge >= 0.3 is 0 Å². The Labute approximate surface area is 147 Å². The summed E-state index contributed by atoms with van der Waals surface area (Å²) < 4.78 is 1.81. The molecule has 1 saturated heterocycles. The third kappa shape index (κ3) is 3.50. The van der Waals surface area contributed by atoms with Crippen LogP contribution in [-0.2, 0) is 11.8 Å². The Morgan fingerprint density at radius 2 is 2.04 bits per heavy atom. The van der Waals surface area contributed by atoms with Crippen molar-refractivity contribution in [2.75, 3.05) is 18.4 Å². The van der Waals surface area contributed by atoms with Crippen molar-refractivity contribution in [2.24, 2.45) is 13.0 Å². The largest absolute Gasteiger partial charge is 0.366 e. The first-order valence-electron chi connectivity index (χ1n) is 8.94. The van der Waals surface area contributed by atoms with Gasteiger partial charge in [0.05, 0.1) is 11.9 Å². The number of aryl methyl sites for hydroxylation is 2. The molecule has 1 aliphatic carbocycles. The van der Waals surface area contributed by atoms with Crippen LogP contribution < -0.4 is 5.32 Å². The van der Waals surface area contributed by atoms with E-state index in [9.17, 15) is 4.79 Å². The molecule has 0 unspecified atom stereocenters. The summed E-state index contributed by atoms with van der Waals surface area (Å²) in [5, 5.41) is 15.9. The first-order valence-corrected chi connectivity index (χ1v) is 8.94. The summed E-state index contributed by atoms with van der Waals surface area (Å²) in [4.78, 5) is 14.7. The fourth-order valence-corrected chi connectivity index (χ4v) is 3.63. The average Bonchev–Trinajstić information content (AvgIpc) is 3.31. The summed E-state index contributed by atoms with van der Waals surface area (Å²) in [7, 11) is 1.92. The van der Waals surface area contributed by atoms with E-state index in [0.717, 1.165) is 43.9 Å². The molecule has 2 fully saturated rings. The summed E-state index contributed by atoms with van der Waals surface area (Å²) in [5.41, 5.74) is 2.11. The van der Waals surface area contributed by atoms with E-state index < -0.39 is 0 Å². The van der Waals surface area contributed by atoms with E-state index >= 15 is 0 Å². The molecule has 0 radical (unpaired) electrons. The number of hydrogen-bond acceptors (Lipinski definition) is 5. The molecule has 2 aliphatic rings. The molecule has 0 spiro atoms. The first-order chi connectivity index (χ1) is 12.1. The number of piperidine rings is 1. The molecule has 2 aromatic rings. The van der Waals surface area contributed by atoms with Crippen molar-refractivity contribution in [3.63, 3.8) is 0 Å². The number of carbonyl (C=O) groups excluding carboxylic acids is 1. The van der Waals surface area contributed by atoms with Crippen LogP contribution in [0.3, 0.4) is 0 Å². The van der Waals surface area contributed by atoms with Crippen LogP contribution in [0.4, 0.5) is 5.82 Å². The van der Waals surface area contributed by atoms with Crippen LogP contribution in [0.25, 0.3) is 0 Å². The lowest BCUT2D eigenvalue weighted by Crippen LogP contribution is -2.43. The lowest BCUT2D eigenvalue weighted by molar-refractivity contribution is -0.133. The van der Waals surface area contributed by atoms with Crippen molar-refractivity contribution in [1.29, 1.82) is 0 Å². The Kier molecular flexibility index (Phi) is 4.15. The van der Waals surface area contributed by atoms with E-state index in [1.54, 1.807) is 4.68 Å². The van der Waals surface area contributed by atoms with Crippen molar-refractivity contribution in [2.45, 2.75) is 38.1 Å². The zero-order valence-electron chi connectivity index (χ0n) is 14.7. The standard InChI is InChI=1S/C18H24N6O/c1-12-3-4-17(22-21-12)20-14-5-7-24(8-6-14)18(25)16-9-15(16)13-10-19-23(2)11-13/h3-4,10-11,14-16H,5-9H2,1-2H3,(H,20,22)/t15-,16+/m1/s1. The number of rotatable bonds is 4. The highest BCUT2D eigenvalue weighted by Crippen LogP contribution is 2.48. The van der Waals surface area contributed by atoms with Gasteiger partial charge in [-0.1, -0.05) is 0 Å². The van der Waals surface area contributed by atoms with Crippen molar-refractivity contribution in [3.8, 4) is 0 Å². The van der Waals surface area contributed by atoms with E-state index in [2.05, 4.69) is 20.6 Å². The highest BCUT2D eigenvalue weighted by molar-refractivity contribution is 5.83. The Balaban J connectivity index is 1.27. The van der Waals surface area contributed by atoms with E-state index in [-0.39, 0.29) is 5.92 Å². The average molecular weight is 340 g/mol. The Bertz CT molecular complexity index is 747. The molecule has 4 rings (SSSR count). The van der Waals surface area contributed by atoms with Crippen LogP contribution in [0.2, 0.25) is 0 Å². The number of carbonyl (C=O) groups is 1. The molecule has 2 aromatic heterocycles. The maximum absolute atomic E-state index is 12.7. The third-order valence-corrected chi connectivity index (χ3v) is 5.22. The molecule has 1 aliphatic heterocycles. The zero-order valence-corrected chi connectivity index (χ0v) is 14.7. The number of aromatic nitrogens is 4. The van der Waals surface area contributed by atoms with Crippen LogP contribution in [-0.4, -0.2) is 49.9 Å². The Morgan fingerprint density at radius 3 is 2.68 bits per heavy atom. The van der Waals surface area contributed by atoms with Gasteiger partial charge in [0.25, 0.3) is 0 Å². The summed E-state index contributed by atoms with van der Waals surface area (Å²) in [6, 6.07) is 4.27. The predicted octanol–water partition coefficient (Wildman–Crippen LogP) is 1.73. The highest BCUT2D eigenvalue weighted by atomic mass is 16.2. The van der Waals surface area contributed by atoms with Gasteiger partial charge in [0.2, 0.25) is 5.91 Å². The van der Waals surface area contributed by atoms with Crippen molar-refractivity contribution < 1.29 is 4.79 Å². The van der Waals surface area contributed by atoms with Crippen LogP contribution in [0, 0.1) is 12.8 Å². The van der Waals surface area contributed by atoms with Gasteiger partial charge in [0.15, 0.2) is 0 Å². The zero-order chi connectivity index (χ0) is 17.4. The number of anilines is 1. The molecular formula is C18H24N6O. The molecule has 132 valence electrons. The van der Waals surface area contributed by atoms with Gasteiger partial charge < -0.3 is 10.2 Å². The molecule has 3 heterocycles. The summed E-state index contributed by atoms with van der Waals surface area (Å²) in [6.45, 7) is 3.55. The quantitative estimate of drug-likeness (QED) is 0.917. The number of amides is 1. The third-order valence-electron chi connectivity index (χ3n) is 5.22. The second-order valence-corrected chi connectivity index (χ2v) is 7.20. The summed E-state index contributed by atoms with van der Waals surface area (Å²) in [5.74, 6) is 1.63. The van der Waals surface area contributed by atoms with E-state index in [4.69, 9.17) is 0 Å². The molecular weight excluding hydrogens is 316 g/mol. The summed E-state index contributed by atoms with van der Waals surface area (Å²) >= 11 is 0. The number of nitrogens with zero attached hydrogens (tertiary/aromatic N) is 5. The molecule has 7 heteroatoms. The fraction of sp³-hybridized carbons (Fsp3) is 0.556. The lowest BCUT2D eigenvalue weighted by atomic mass is 10.0. The monoisotopic (exact) mass is 340 g/mol. The van der Waals surface area contributed by atoms with Crippen molar-refractivity contribution in [3.05, 3.63) is 35.8 Å². The second kappa shape index (κ2) is 6.46. The van der Waals surface area contributed by atoms with Crippen LogP contribution in [0.5, 0.6) is 0 Å². The maximum Gasteiger partial charge on any atom is 0.226 e. The van der Waals surface area contributed by atoms with Gasteiger partial charge in [-0.2, -0.15) is 10.2 Å². The molecule has 0 bridgehead atoms. The van der Waals surface area contributed by atoms with Crippen molar-refractivity contribution in [1.82, 2.24) is 24.9 Å². The molecule has 0 aromatic carbocycles. The minimum Gasteiger partial charge on any atom is -0.366 e. The number of hydrogen-bond donors (Lipinski definition) is 1. The van der Waals surface area contributed by atoms with Crippen LogP contribution in [0.1, 0.15) is 36.4 Å². The Morgan fingerprint density at radius 1 is 1.24 bits per heavy atom. The van der Waals surface area contributed by atoms with Gasteiger partial charge in [-0.05, 0) is 49.8 Å². The van der Waals surface area contributed by atoms with E-state index in [1.807, 2.05) is 43.4 Å². The van der Waals surface area contributed by atoms with E-state index in [0.29, 0.717) is 17.9 Å². The Hall–Kier alpha value is -2.44. The predicted molar refractivity (Wildman–Crippen MR) is 94.0 cm³/mol. The van der Waals surface area contributed by atoms with Gasteiger partial charge in [0, 0.05) is 38.3 Å². The van der Waals surface area contributed by atoms with Gasteiger partial charge in [0.1, 0.15) is 5.82 Å². The lowest BCUT2D eigenvalue weighted by Gasteiger charge is -2.32. The first kappa shape index (κ1) is 16.1. The minimum absolute atomic E-state index is 0.150. The summed E-state index contributed by atoms with van der Waals surface area (Å²) in [6.07, 6.45) is 6.77. The van der Waals surface area contributed by atoms with Gasteiger partial charge in [-0.3, -0.25) is 9.48 Å². The topological polar surface area (TPSA) is 75.9 Å². The number of likely N-dealkylation sites (tertiary alicyclic amines) is 1. The molecule has 7 nitrogen and oxygen atoms in total. The highest BCUT2D eigenvalue weighted by Gasteiger charge is 2.46. The van der Waals surface area contributed by atoms with Crippen LogP contribution in [0.15, 0.2) is 24.5 Å². The van der Waals surface area contributed by atoms with E-state index in [1.165, 1.54) is 5.56 Å². The fourth-order valence-electron chi connectivity index (χ4n) is 3.63. The SMILES string of the molecule is Cc1ccc(NC2CCN(C(=O)[C@H]3C[C@@H]3c3cnn(C)c3)CC2)nn1. The van der Waals surface area contributed by atoms with Crippen LogP contribution >= 0.6 is 0 Å². The number of nitrogens with one attached hydrogen (secondary N) is 1. The molecule has 25 heavy (non-hydrogen) atoms. The molecule has 1 saturated carbocycles. The molecule has 2 atom stereocenters. The van der Waals surface area contributed by atoms with Gasteiger partial charge in [-0.25, -0.2) is 0 Å². The molecule has 1 N–H and O–H groups in total. The minimum atomic E-state index is 0.150. The smallest absolute Gasteiger partial charge is 0.226 e.